The Hall–Kier alpha value is -1.35. The van der Waals surface area contributed by atoms with Gasteiger partial charge in [0.15, 0.2) is 0 Å². The Labute approximate surface area is 116 Å². The van der Waals surface area contributed by atoms with Crippen LogP contribution in [0.3, 0.4) is 0 Å². The molecule has 1 amide bonds. The molecule has 1 heterocycles. The lowest BCUT2D eigenvalue weighted by molar-refractivity contribution is -0.131. The van der Waals surface area contributed by atoms with Crippen LogP contribution in [0.4, 0.5) is 0 Å². The number of rotatable bonds is 4. The van der Waals surface area contributed by atoms with Gasteiger partial charge in [0.2, 0.25) is 5.91 Å². The highest BCUT2D eigenvalue weighted by Crippen LogP contribution is 2.15. The average molecular weight is 260 g/mol. The van der Waals surface area contributed by atoms with E-state index in [0.717, 1.165) is 26.1 Å². The normalized spacial score (nSPS) is 19.5. The first-order chi connectivity index (χ1) is 9.16. The zero-order valence-electron chi connectivity index (χ0n) is 12.0. The molecule has 0 spiro atoms. The molecule has 3 nitrogen and oxygen atoms in total. The molecule has 0 aliphatic carbocycles. The Morgan fingerprint density at radius 1 is 1.42 bits per heavy atom. The quantitative estimate of drug-likeness (QED) is 0.901. The Morgan fingerprint density at radius 3 is 2.95 bits per heavy atom. The van der Waals surface area contributed by atoms with E-state index in [1.165, 1.54) is 17.5 Å². The zero-order chi connectivity index (χ0) is 13.7. The fourth-order valence-corrected chi connectivity index (χ4v) is 2.64. The minimum absolute atomic E-state index is 0.236. The first-order valence-electron chi connectivity index (χ1n) is 7.20. The molecule has 1 aromatic rings. The third-order valence-corrected chi connectivity index (χ3v) is 3.86. The number of nitrogens with one attached hydrogen (secondary N) is 1. The highest BCUT2D eigenvalue weighted by Gasteiger charge is 2.20. The van der Waals surface area contributed by atoms with E-state index < -0.39 is 0 Å². The van der Waals surface area contributed by atoms with E-state index in [2.05, 4.69) is 31.3 Å². The summed E-state index contributed by atoms with van der Waals surface area (Å²) in [5.74, 6) is 0.884. The fraction of sp³-hybridized carbons (Fsp3) is 0.562. The number of nitrogens with zero attached hydrogens (tertiary/aromatic N) is 1. The third-order valence-electron chi connectivity index (χ3n) is 3.86. The van der Waals surface area contributed by atoms with Crippen LogP contribution >= 0.6 is 0 Å². The van der Waals surface area contributed by atoms with Crippen molar-refractivity contribution in [1.82, 2.24) is 10.2 Å². The van der Waals surface area contributed by atoms with Crippen molar-refractivity contribution < 1.29 is 4.79 Å². The second-order valence-corrected chi connectivity index (χ2v) is 5.62. The van der Waals surface area contributed by atoms with Crippen molar-refractivity contribution in [1.29, 1.82) is 0 Å². The molecule has 1 unspecified atom stereocenters. The van der Waals surface area contributed by atoms with Crippen molar-refractivity contribution in [2.75, 3.05) is 19.6 Å². The van der Waals surface area contributed by atoms with Gasteiger partial charge in [-0.25, -0.2) is 0 Å². The maximum Gasteiger partial charge on any atom is 0.236 e. The fourth-order valence-electron chi connectivity index (χ4n) is 2.64. The minimum Gasteiger partial charge on any atom is -0.341 e. The molecule has 1 fully saturated rings. The largest absolute Gasteiger partial charge is 0.341 e. The van der Waals surface area contributed by atoms with E-state index in [-0.39, 0.29) is 5.91 Å². The Kier molecular flexibility index (Phi) is 4.97. The van der Waals surface area contributed by atoms with Crippen molar-refractivity contribution in [2.24, 2.45) is 5.92 Å². The summed E-state index contributed by atoms with van der Waals surface area (Å²) in [7, 11) is 0. The summed E-state index contributed by atoms with van der Waals surface area (Å²) in [6.45, 7) is 7.38. The van der Waals surface area contributed by atoms with E-state index in [4.69, 9.17) is 0 Å². The summed E-state index contributed by atoms with van der Waals surface area (Å²) in [6, 6.07) is 8.29. The first kappa shape index (κ1) is 14.1. The van der Waals surface area contributed by atoms with Gasteiger partial charge >= 0.3 is 0 Å². The summed E-state index contributed by atoms with van der Waals surface area (Å²) >= 11 is 0. The molecule has 1 N–H and O–H groups in total. The summed E-state index contributed by atoms with van der Waals surface area (Å²) < 4.78 is 0. The second-order valence-electron chi connectivity index (χ2n) is 5.62. The molecular formula is C16H24N2O. The molecule has 1 aliphatic heterocycles. The van der Waals surface area contributed by atoms with Gasteiger partial charge in [0.25, 0.3) is 0 Å². The van der Waals surface area contributed by atoms with E-state index >= 15 is 0 Å². The number of carbonyl (C=O) groups is 1. The van der Waals surface area contributed by atoms with Gasteiger partial charge in [-0.15, -0.1) is 0 Å². The molecule has 19 heavy (non-hydrogen) atoms. The number of piperidine rings is 1. The molecule has 2 rings (SSSR count). The van der Waals surface area contributed by atoms with Gasteiger partial charge in [0.1, 0.15) is 0 Å². The van der Waals surface area contributed by atoms with Crippen LogP contribution in [-0.4, -0.2) is 30.4 Å². The summed E-state index contributed by atoms with van der Waals surface area (Å²) in [5.41, 5.74) is 2.54. The second kappa shape index (κ2) is 6.71. The van der Waals surface area contributed by atoms with Crippen LogP contribution in [-0.2, 0) is 11.3 Å². The van der Waals surface area contributed by atoms with E-state index in [1.54, 1.807) is 0 Å². The van der Waals surface area contributed by atoms with Crippen molar-refractivity contribution in [3.8, 4) is 0 Å². The summed E-state index contributed by atoms with van der Waals surface area (Å²) in [6.07, 6.45) is 2.39. The van der Waals surface area contributed by atoms with E-state index in [0.29, 0.717) is 12.5 Å². The van der Waals surface area contributed by atoms with Gasteiger partial charge in [-0.05, 0) is 36.8 Å². The summed E-state index contributed by atoms with van der Waals surface area (Å²) in [4.78, 5) is 14.1. The molecular weight excluding hydrogens is 236 g/mol. The Morgan fingerprint density at radius 2 is 2.21 bits per heavy atom. The van der Waals surface area contributed by atoms with Crippen molar-refractivity contribution in [3.05, 3.63) is 35.4 Å². The molecule has 104 valence electrons. The highest BCUT2D eigenvalue weighted by atomic mass is 16.2. The minimum atomic E-state index is 0.236. The number of hydrogen-bond donors (Lipinski definition) is 1. The molecule has 1 aliphatic rings. The molecule has 1 aromatic carbocycles. The van der Waals surface area contributed by atoms with Crippen molar-refractivity contribution in [2.45, 2.75) is 33.2 Å². The predicted octanol–water partition coefficient (Wildman–Crippen LogP) is 2.34. The number of carbonyl (C=O) groups excluding carboxylic acids is 1. The molecule has 3 heteroatoms. The number of hydrogen-bond acceptors (Lipinski definition) is 2. The molecule has 1 atom stereocenters. The summed E-state index contributed by atoms with van der Waals surface area (Å²) in [5, 5.41) is 3.26. The van der Waals surface area contributed by atoms with Gasteiger partial charge in [-0.1, -0.05) is 31.2 Å². The van der Waals surface area contributed by atoms with Crippen LogP contribution in [0.2, 0.25) is 0 Å². The number of benzene rings is 1. The van der Waals surface area contributed by atoms with Crippen LogP contribution in [0.25, 0.3) is 0 Å². The maximum absolute atomic E-state index is 12.1. The monoisotopic (exact) mass is 260 g/mol. The Bertz CT molecular complexity index is 431. The highest BCUT2D eigenvalue weighted by molar-refractivity contribution is 5.78. The third kappa shape index (κ3) is 4.06. The van der Waals surface area contributed by atoms with Gasteiger partial charge in [0, 0.05) is 19.6 Å². The molecule has 0 radical (unpaired) electrons. The maximum atomic E-state index is 12.1. The molecule has 0 aromatic heterocycles. The SMILES string of the molecule is Cc1ccccc1CNCC(=O)N1CCCC(C)C1. The topological polar surface area (TPSA) is 32.3 Å². The van der Waals surface area contributed by atoms with Crippen LogP contribution in [0, 0.1) is 12.8 Å². The number of aryl methyl sites for hydroxylation is 1. The smallest absolute Gasteiger partial charge is 0.236 e. The van der Waals surface area contributed by atoms with Crippen molar-refractivity contribution in [3.63, 3.8) is 0 Å². The van der Waals surface area contributed by atoms with Crippen molar-refractivity contribution >= 4 is 5.91 Å². The van der Waals surface area contributed by atoms with Gasteiger partial charge in [-0.3, -0.25) is 4.79 Å². The molecule has 1 saturated heterocycles. The van der Waals surface area contributed by atoms with Crippen LogP contribution in [0.15, 0.2) is 24.3 Å². The Balaban J connectivity index is 1.76. The van der Waals surface area contributed by atoms with E-state index in [1.807, 2.05) is 17.0 Å². The van der Waals surface area contributed by atoms with Gasteiger partial charge in [-0.2, -0.15) is 0 Å². The predicted molar refractivity (Wildman–Crippen MR) is 77.9 cm³/mol. The standard InChI is InChI=1S/C16H24N2O/c1-13-6-5-9-18(12-13)16(19)11-17-10-15-8-4-3-7-14(15)2/h3-4,7-8,13,17H,5-6,9-12H2,1-2H3. The van der Waals surface area contributed by atoms with Gasteiger partial charge < -0.3 is 10.2 Å². The molecule has 0 bridgehead atoms. The van der Waals surface area contributed by atoms with Crippen LogP contribution in [0.5, 0.6) is 0 Å². The lowest BCUT2D eigenvalue weighted by Gasteiger charge is -2.31. The zero-order valence-corrected chi connectivity index (χ0v) is 12.0. The molecule has 0 saturated carbocycles. The lowest BCUT2D eigenvalue weighted by Crippen LogP contribution is -2.43. The number of amides is 1. The van der Waals surface area contributed by atoms with Gasteiger partial charge in [0.05, 0.1) is 6.54 Å². The first-order valence-corrected chi connectivity index (χ1v) is 7.20. The lowest BCUT2D eigenvalue weighted by atomic mass is 10.0. The number of likely N-dealkylation sites (tertiary alicyclic amines) is 1. The van der Waals surface area contributed by atoms with Crippen LogP contribution in [0.1, 0.15) is 30.9 Å². The average Bonchev–Trinajstić information content (AvgIpc) is 2.41. The van der Waals surface area contributed by atoms with E-state index in [9.17, 15) is 4.79 Å². The van der Waals surface area contributed by atoms with Crippen LogP contribution < -0.4 is 5.32 Å².